The summed E-state index contributed by atoms with van der Waals surface area (Å²) >= 11 is 0. The topological polar surface area (TPSA) is 68.3 Å². The van der Waals surface area contributed by atoms with E-state index in [1.165, 1.54) is 12.0 Å². The molecule has 0 saturated carbocycles. The fourth-order valence-corrected chi connectivity index (χ4v) is 2.90. The van der Waals surface area contributed by atoms with E-state index in [9.17, 15) is 9.59 Å². The number of methoxy groups -OCH3 is 1. The number of morpholine rings is 1. The van der Waals surface area contributed by atoms with E-state index < -0.39 is 17.7 Å². The second kappa shape index (κ2) is 6.83. The summed E-state index contributed by atoms with van der Waals surface area (Å²) in [5, 5.41) is 0. The molecule has 2 rings (SSSR count). The zero-order valence-electron chi connectivity index (χ0n) is 13.8. The summed E-state index contributed by atoms with van der Waals surface area (Å²) in [6.07, 6.45) is 0.116. The Labute approximate surface area is 131 Å². The van der Waals surface area contributed by atoms with E-state index in [0.717, 1.165) is 13.1 Å². The summed E-state index contributed by atoms with van der Waals surface area (Å²) < 4.78 is 15.6. The first kappa shape index (κ1) is 17.0. The number of amides is 1. The molecule has 0 bridgehead atoms. The first-order valence-electron chi connectivity index (χ1n) is 7.71. The molecule has 2 atom stereocenters. The molecule has 2 unspecified atom stereocenters. The molecule has 126 valence electrons. The van der Waals surface area contributed by atoms with Crippen LogP contribution < -0.4 is 0 Å². The van der Waals surface area contributed by atoms with Crippen LogP contribution in [0.3, 0.4) is 0 Å². The third-order valence-corrected chi connectivity index (χ3v) is 3.94. The Kier molecular flexibility index (Phi) is 5.28. The molecular formula is C15H26N2O5. The highest BCUT2D eigenvalue weighted by atomic mass is 16.6. The fourth-order valence-electron chi connectivity index (χ4n) is 2.90. The minimum atomic E-state index is -0.588. The van der Waals surface area contributed by atoms with Gasteiger partial charge >= 0.3 is 12.1 Å². The van der Waals surface area contributed by atoms with Gasteiger partial charge in [-0.05, 0) is 27.2 Å². The maximum Gasteiger partial charge on any atom is 0.411 e. The number of hydrogen-bond donors (Lipinski definition) is 0. The predicted molar refractivity (Wildman–Crippen MR) is 79.5 cm³/mol. The molecule has 2 saturated heterocycles. The average Bonchev–Trinajstić information content (AvgIpc) is 2.91. The molecule has 2 aliphatic rings. The molecule has 7 heteroatoms. The monoisotopic (exact) mass is 314 g/mol. The number of ether oxygens (including phenoxy) is 3. The summed E-state index contributed by atoms with van der Waals surface area (Å²) in [4.78, 5) is 28.1. The summed E-state index contributed by atoms with van der Waals surface area (Å²) in [7, 11) is 1.34. The minimum Gasteiger partial charge on any atom is -0.467 e. The van der Waals surface area contributed by atoms with Crippen molar-refractivity contribution in [3.05, 3.63) is 0 Å². The highest BCUT2D eigenvalue weighted by molar-refractivity contribution is 5.82. The number of esters is 1. The van der Waals surface area contributed by atoms with Gasteiger partial charge in [-0.25, -0.2) is 9.59 Å². The highest BCUT2D eigenvalue weighted by Crippen LogP contribution is 2.26. The molecule has 2 fully saturated rings. The van der Waals surface area contributed by atoms with Crippen molar-refractivity contribution in [2.24, 2.45) is 0 Å². The van der Waals surface area contributed by atoms with Gasteiger partial charge in [0.25, 0.3) is 0 Å². The Morgan fingerprint density at radius 2 is 1.82 bits per heavy atom. The molecule has 0 aromatic rings. The molecular weight excluding hydrogens is 288 g/mol. The van der Waals surface area contributed by atoms with Crippen molar-refractivity contribution in [3.8, 4) is 0 Å². The van der Waals surface area contributed by atoms with Crippen molar-refractivity contribution >= 4 is 12.1 Å². The Morgan fingerprint density at radius 1 is 1.18 bits per heavy atom. The van der Waals surface area contributed by atoms with E-state index in [2.05, 4.69) is 4.90 Å². The summed E-state index contributed by atoms with van der Waals surface area (Å²) in [6.45, 7) is 8.93. The van der Waals surface area contributed by atoms with Crippen molar-refractivity contribution in [2.75, 3.05) is 40.0 Å². The van der Waals surface area contributed by atoms with Crippen LogP contribution >= 0.6 is 0 Å². The van der Waals surface area contributed by atoms with E-state index in [-0.39, 0.29) is 12.0 Å². The van der Waals surface area contributed by atoms with Crippen molar-refractivity contribution in [2.45, 2.75) is 44.9 Å². The lowest BCUT2D eigenvalue weighted by atomic mass is 10.1. The molecule has 7 nitrogen and oxygen atoms in total. The summed E-state index contributed by atoms with van der Waals surface area (Å²) in [6, 6.07) is -0.437. The predicted octanol–water partition coefficient (Wildman–Crippen LogP) is 0.870. The molecule has 0 aromatic heterocycles. The number of likely N-dealkylation sites (tertiary alicyclic amines) is 1. The SMILES string of the molecule is COC(=O)C1CC(N2CCOCC2)CN1C(=O)OC(C)(C)C. The van der Waals surface area contributed by atoms with Crippen LogP contribution in [0.2, 0.25) is 0 Å². The number of carbonyl (C=O) groups excluding carboxylic acids is 2. The van der Waals surface area contributed by atoms with Crippen LogP contribution in [0.5, 0.6) is 0 Å². The lowest BCUT2D eigenvalue weighted by Gasteiger charge is -2.32. The van der Waals surface area contributed by atoms with E-state index in [1.807, 2.05) is 20.8 Å². The molecule has 0 aromatic carbocycles. The second-order valence-electron chi connectivity index (χ2n) is 6.71. The van der Waals surface area contributed by atoms with Crippen molar-refractivity contribution < 1.29 is 23.8 Å². The molecule has 1 amide bonds. The molecule has 22 heavy (non-hydrogen) atoms. The zero-order chi connectivity index (χ0) is 16.3. The number of rotatable bonds is 2. The lowest BCUT2D eigenvalue weighted by molar-refractivity contribution is -0.145. The normalized spacial score (nSPS) is 26.8. The van der Waals surface area contributed by atoms with Gasteiger partial charge in [0.1, 0.15) is 11.6 Å². The van der Waals surface area contributed by atoms with Gasteiger partial charge in [-0.1, -0.05) is 0 Å². The van der Waals surface area contributed by atoms with Crippen LogP contribution in [-0.4, -0.2) is 79.5 Å². The standard InChI is InChI=1S/C15H26N2O5/c1-15(2,3)22-14(19)17-10-11(9-12(17)13(18)20-4)16-5-7-21-8-6-16/h11-12H,5-10H2,1-4H3. The van der Waals surface area contributed by atoms with Gasteiger partial charge in [0.2, 0.25) is 0 Å². The number of nitrogens with zero attached hydrogens (tertiary/aromatic N) is 2. The molecule has 2 heterocycles. The maximum atomic E-state index is 12.4. The van der Waals surface area contributed by atoms with Gasteiger partial charge in [-0.3, -0.25) is 9.80 Å². The van der Waals surface area contributed by atoms with Crippen LogP contribution in [0, 0.1) is 0 Å². The Morgan fingerprint density at radius 3 is 2.36 bits per heavy atom. The molecule has 0 N–H and O–H groups in total. The quantitative estimate of drug-likeness (QED) is 0.705. The zero-order valence-corrected chi connectivity index (χ0v) is 13.8. The highest BCUT2D eigenvalue weighted by Gasteiger charge is 2.44. The molecule has 2 aliphatic heterocycles. The Hall–Kier alpha value is -1.34. The van der Waals surface area contributed by atoms with Crippen molar-refractivity contribution in [1.29, 1.82) is 0 Å². The number of carbonyl (C=O) groups is 2. The van der Waals surface area contributed by atoms with Crippen molar-refractivity contribution in [3.63, 3.8) is 0 Å². The minimum absolute atomic E-state index is 0.139. The first-order valence-corrected chi connectivity index (χ1v) is 7.71. The fraction of sp³-hybridized carbons (Fsp3) is 0.867. The summed E-state index contributed by atoms with van der Waals surface area (Å²) in [5.74, 6) is -0.387. The number of hydrogen-bond acceptors (Lipinski definition) is 6. The Bertz CT molecular complexity index is 415. The van der Waals surface area contributed by atoms with E-state index in [0.29, 0.717) is 26.2 Å². The van der Waals surface area contributed by atoms with Crippen molar-refractivity contribution in [1.82, 2.24) is 9.80 Å². The third kappa shape index (κ3) is 4.10. The largest absolute Gasteiger partial charge is 0.467 e. The first-order chi connectivity index (χ1) is 10.3. The maximum absolute atomic E-state index is 12.4. The van der Waals surface area contributed by atoms with Crippen LogP contribution in [0.1, 0.15) is 27.2 Å². The van der Waals surface area contributed by atoms with Gasteiger partial charge in [-0.2, -0.15) is 0 Å². The van der Waals surface area contributed by atoms with Gasteiger partial charge in [0.15, 0.2) is 0 Å². The van der Waals surface area contributed by atoms with Gasteiger partial charge in [0, 0.05) is 25.7 Å². The van der Waals surface area contributed by atoms with Crippen LogP contribution in [0.15, 0.2) is 0 Å². The van der Waals surface area contributed by atoms with Crippen LogP contribution in [0.4, 0.5) is 4.79 Å². The lowest BCUT2D eigenvalue weighted by Crippen LogP contribution is -2.46. The van der Waals surface area contributed by atoms with E-state index in [1.54, 1.807) is 0 Å². The van der Waals surface area contributed by atoms with Gasteiger partial charge < -0.3 is 14.2 Å². The molecule has 0 radical (unpaired) electrons. The molecule has 0 spiro atoms. The van der Waals surface area contributed by atoms with Gasteiger partial charge in [-0.15, -0.1) is 0 Å². The smallest absolute Gasteiger partial charge is 0.411 e. The average molecular weight is 314 g/mol. The van der Waals surface area contributed by atoms with Gasteiger partial charge in [0.05, 0.1) is 20.3 Å². The third-order valence-electron chi connectivity index (χ3n) is 3.94. The van der Waals surface area contributed by atoms with E-state index >= 15 is 0 Å². The Balaban J connectivity index is 2.07. The summed E-state index contributed by atoms with van der Waals surface area (Å²) in [5.41, 5.74) is -0.588. The van der Waals surface area contributed by atoms with E-state index in [4.69, 9.17) is 14.2 Å². The molecule has 0 aliphatic carbocycles. The van der Waals surface area contributed by atoms with Crippen LogP contribution in [-0.2, 0) is 19.0 Å². The van der Waals surface area contributed by atoms with Crippen LogP contribution in [0.25, 0.3) is 0 Å². The second-order valence-corrected chi connectivity index (χ2v) is 6.71.